The molecule has 0 N–H and O–H groups in total. The third kappa shape index (κ3) is 2.37. The van der Waals surface area contributed by atoms with E-state index in [4.69, 9.17) is 11.6 Å². The first-order valence-corrected chi connectivity index (χ1v) is 6.98. The fraction of sp³-hybridized carbons (Fsp3) is 0.333. The van der Waals surface area contributed by atoms with Crippen molar-refractivity contribution < 1.29 is 0 Å². The van der Waals surface area contributed by atoms with Crippen LogP contribution in [-0.2, 0) is 7.05 Å². The van der Waals surface area contributed by atoms with Gasteiger partial charge in [0.1, 0.15) is 6.07 Å². The van der Waals surface area contributed by atoms with Gasteiger partial charge in [-0.05, 0) is 30.2 Å². The summed E-state index contributed by atoms with van der Waals surface area (Å²) in [6.07, 6.45) is 5.07. The summed E-state index contributed by atoms with van der Waals surface area (Å²) in [5.74, 6) is 0.467. The lowest BCUT2D eigenvalue weighted by Crippen LogP contribution is -2.20. The molecular weight excluding hydrogens is 272 g/mol. The van der Waals surface area contributed by atoms with Crippen LogP contribution in [0.3, 0.4) is 0 Å². The molecule has 1 aromatic carbocycles. The monoisotopic (exact) mass is 286 g/mol. The standard InChI is InChI=1S/C15H15ClN4/c1-19-9-13(8-18-19)12-4-5-20(10-12)15-6-14(16)3-2-11(15)7-17/h2-3,6,8-9,12H,4-5,10H2,1H3. The lowest BCUT2D eigenvalue weighted by molar-refractivity contribution is 0.754. The zero-order valence-electron chi connectivity index (χ0n) is 11.3. The molecule has 20 heavy (non-hydrogen) atoms. The van der Waals surface area contributed by atoms with E-state index in [-0.39, 0.29) is 0 Å². The van der Waals surface area contributed by atoms with Gasteiger partial charge in [0.05, 0.1) is 17.4 Å². The van der Waals surface area contributed by atoms with Crippen LogP contribution in [0.5, 0.6) is 0 Å². The highest BCUT2D eigenvalue weighted by Crippen LogP contribution is 2.33. The smallest absolute Gasteiger partial charge is 0.101 e. The quantitative estimate of drug-likeness (QED) is 0.853. The summed E-state index contributed by atoms with van der Waals surface area (Å²) in [4.78, 5) is 2.24. The Labute approximate surface area is 123 Å². The first-order valence-electron chi connectivity index (χ1n) is 6.60. The van der Waals surface area contributed by atoms with E-state index in [0.717, 1.165) is 25.2 Å². The lowest BCUT2D eigenvalue weighted by atomic mass is 10.0. The maximum Gasteiger partial charge on any atom is 0.101 e. The Morgan fingerprint density at radius 3 is 3.00 bits per heavy atom. The highest BCUT2D eigenvalue weighted by Gasteiger charge is 2.26. The molecule has 4 nitrogen and oxygen atoms in total. The van der Waals surface area contributed by atoms with E-state index < -0.39 is 0 Å². The number of hydrogen-bond acceptors (Lipinski definition) is 3. The van der Waals surface area contributed by atoms with Crippen molar-refractivity contribution in [1.29, 1.82) is 5.26 Å². The minimum atomic E-state index is 0.467. The first kappa shape index (κ1) is 13.0. The van der Waals surface area contributed by atoms with Crippen LogP contribution in [0.2, 0.25) is 5.02 Å². The Morgan fingerprint density at radius 1 is 1.45 bits per heavy atom. The van der Waals surface area contributed by atoms with E-state index >= 15 is 0 Å². The number of aryl methyl sites for hydroxylation is 1. The van der Waals surface area contributed by atoms with E-state index in [2.05, 4.69) is 22.3 Å². The molecule has 1 saturated heterocycles. The van der Waals surface area contributed by atoms with Crippen molar-refractivity contribution in [3.63, 3.8) is 0 Å². The molecule has 1 unspecified atom stereocenters. The summed E-state index contributed by atoms with van der Waals surface area (Å²) in [6, 6.07) is 7.67. The maximum absolute atomic E-state index is 9.22. The van der Waals surface area contributed by atoms with Gasteiger partial charge < -0.3 is 4.90 Å². The molecule has 1 fully saturated rings. The van der Waals surface area contributed by atoms with Crippen LogP contribution in [0.15, 0.2) is 30.6 Å². The second-order valence-corrected chi connectivity index (χ2v) is 5.59. The van der Waals surface area contributed by atoms with Crippen LogP contribution < -0.4 is 4.90 Å². The van der Waals surface area contributed by atoms with Gasteiger partial charge in [0, 0.05) is 37.3 Å². The second-order valence-electron chi connectivity index (χ2n) is 5.15. The first-order chi connectivity index (χ1) is 9.67. The van der Waals surface area contributed by atoms with Crippen LogP contribution >= 0.6 is 11.6 Å². The zero-order valence-corrected chi connectivity index (χ0v) is 12.0. The van der Waals surface area contributed by atoms with E-state index in [1.54, 1.807) is 12.1 Å². The molecule has 102 valence electrons. The molecule has 1 aliphatic rings. The molecule has 1 aliphatic heterocycles. The minimum Gasteiger partial charge on any atom is -0.370 e. The maximum atomic E-state index is 9.22. The summed E-state index contributed by atoms with van der Waals surface area (Å²) in [7, 11) is 1.93. The van der Waals surface area contributed by atoms with Gasteiger partial charge in [-0.25, -0.2) is 0 Å². The number of halogens is 1. The number of nitrogens with zero attached hydrogens (tertiary/aromatic N) is 4. The van der Waals surface area contributed by atoms with Crippen LogP contribution in [0.4, 0.5) is 5.69 Å². The Bertz CT molecular complexity index is 671. The van der Waals surface area contributed by atoms with Crippen molar-refractivity contribution in [3.8, 4) is 6.07 Å². The average Bonchev–Trinajstić information content (AvgIpc) is 3.07. The molecule has 0 amide bonds. The van der Waals surface area contributed by atoms with Crippen LogP contribution in [-0.4, -0.2) is 22.9 Å². The van der Waals surface area contributed by atoms with Crippen molar-refractivity contribution in [2.24, 2.45) is 7.05 Å². The predicted octanol–water partition coefficient (Wildman–Crippen LogP) is 2.94. The van der Waals surface area contributed by atoms with Crippen LogP contribution in [0.25, 0.3) is 0 Å². The molecular formula is C15H15ClN4. The Morgan fingerprint density at radius 2 is 2.30 bits per heavy atom. The highest BCUT2D eigenvalue weighted by atomic mass is 35.5. The molecule has 0 bridgehead atoms. The number of benzene rings is 1. The van der Waals surface area contributed by atoms with Gasteiger partial charge in [-0.1, -0.05) is 11.6 Å². The summed E-state index contributed by atoms with van der Waals surface area (Å²) in [6.45, 7) is 1.84. The number of rotatable bonds is 2. The number of hydrogen-bond donors (Lipinski definition) is 0. The summed E-state index contributed by atoms with van der Waals surface area (Å²) in [5.41, 5.74) is 2.88. The molecule has 1 aromatic heterocycles. The number of aromatic nitrogens is 2. The van der Waals surface area contributed by atoms with Gasteiger partial charge >= 0.3 is 0 Å². The van der Waals surface area contributed by atoms with Gasteiger partial charge in [0.15, 0.2) is 0 Å². The SMILES string of the molecule is Cn1cc(C2CCN(c3cc(Cl)ccc3C#N)C2)cn1. The van der Waals surface area contributed by atoms with Crippen molar-refractivity contribution >= 4 is 17.3 Å². The third-order valence-corrected chi connectivity index (χ3v) is 4.04. The summed E-state index contributed by atoms with van der Waals surface area (Å²) >= 11 is 6.06. The van der Waals surface area contributed by atoms with Gasteiger partial charge in [-0.3, -0.25) is 4.68 Å². The highest BCUT2D eigenvalue weighted by molar-refractivity contribution is 6.30. The normalized spacial score (nSPS) is 18.2. The number of nitriles is 1. The van der Waals surface area contributed by atoms with Gasteiger partial charge in [0.25, 0.3) is 0 Å². The fourth-order valence-corrected chi connectivity index (χ4v) is 2.93. The van der Waals surface area contributed by atoms with Crippen molar-refractivity contribution in [2.45, 2.75) is 12.3 Å². The van der Waals surface area contributed by atoms with E-state index in [0.29, 0.717) is 16.5 Å². The van der Waals surface area contributed by atoms with Crippen molar-refractivity contribution in [1.82, 2.24) is 9.78 Å². The summed E-state index contributed by atoms with van der Waals surface area (Å²) in [5, 5.41) is 14.1. The second kappa shape index (κ2) is 5.18. The molecule has 0 radical (unpaired) electrons. The molecule has 2 heterocycles. The molecule has 0 spiro atoms. The van der Waals surface area contributed by atoms with E-state index in [1.165, 1.54) is 5.56 Å². The Kier molecular flexibility index (Phi) is 3.37. The molecule has 0 saturated carbocycles. The fourth-order valence-electron chi connectivity index (χ4n) is 2.76. The zero-order chi connectivity index (χ0) is 14.1. The van der Waals surface area contributed by atoms with Crippen molar-refractivity contribution in [2.75, 3.05) is 18.0 Å². The van der Waals surface area contributed by atoms with E-state index in [1.807, 2.05) is 24.0 Å². The lowest BCUT2D eigenvalue weighted by Gasteiger charge is -2.20. The molecule has 2 aromatic rings. The predicted molar refractivity (Wildman–Crippen MR) is 78.9 cm³/mol. The number of anilines is 1. The summed E-state index contributed by atoms with van der Waals surface area (Å²) < 4.78 is 1.83. The van der Waals surface area contributed by atoms with Crippen LogP contribution in [0, 0.1) is 11.3 Å². The molecule has 0 aliphatic carbocycles. The Balaban J connectivity index is 1.84. The third-order valence-electron chi connectivity index (χ3n) is 3.81. The van der Waals surface area contributed by atoms with Gasteiger partial charge in [-0.2, -0.15) is 10.4 Å². The molecule has 1 atom stereocenters. The van der Waals surface area contributed by atoms with Gasteiger partial charge in [0.2, 0.25) is 0 Å². The molecule has 3 rings (SSSR count). The van der Waals surface area contributed by atoms with Crippen LogP contribution in [0.1, 0.15) is 23.5 Å². The minimum absolute atomic E-state index is 0.467. The van der Waals surface area contributed by atoms with E-state index in [9.17, 15) is 5.26 Å². The average molecular weight is 287 g/mol. The Hall–Kier alpha value is -1.99. The molecule has 5 heteroatoms. The van der Waals surface area contributed by atoms with Crippen molar-refractivity contribution in [3.05, 3.63) is 46.7 Å². The van der Waals surface area contributed by atoms with Gasteiger partial charge in [-0.15, -0.1) is 0 Å². The topological polar surface area (TPSA) is 44.9 Å². The largest absolute Gasteiger partial charge is 0.370 e.